The highest BCUT2D eigenvalue weighted by molar-refractivity contribution is 6.38. The van der Waals surface area contributed by atoms with E-state index in [0.29, 0.717) is 28.0 Å². The average Bonchev–Trinajstić information content (AvgIpc) is 3.23. The fourth-order valence-corrected chi connectivity index (χ4v) is 3.89. The molecular weight excluding hydrogens is 399 g/mol. The summed E-state index contributed by atoms with van der Waals surface area (Å²) in [4.78, 5) is 31.7. The number of hydrogen-bond donors (Lipinski definition) is 0. The van der Waals surface area contributed by atoms with Gasteiger partial charge in [-0.05, 0) is 48.9 Å². The second-order valence-corrected chi connectivity index (χ2v) is 7.35. The van der Waals surface area contributed by atoms with Gasteiger partial charge in [-0.3, -0.25) is 9.59 Å². The molecule has 0 saturated carbocycles. The van der Waals surface area contributed by atoms with E-state index in [0.717, 1.165) is 10.5 Å². The molecule has 0 N–H and O–H groups in total. The molecule has 0 bridgehead atoms. The lowest BCUT2D eigenvalue weighted by Gasteiger charge is -2.15. The molecule has 2 amide bonds. The minimum absolute atomic E-state index is 0.0835. The number of carbonyl (C=O) groups is 2. The van der Waals surface area contributed by atoms with Gasteiger partial charge in [-0.25, -0.2) is 19.0 Å². The summed E-state index contributed by atoms with van der Waals surface area (Å²) in [5.74, 6) is -1.17. The second kappa shape index (κ2) is 6.73. The number of pyridine rings is 1. The standard InChI is InChI=1S/C23H17FN4O3/c1-12-4-9-17(16(24)10-12)28-22(29)15-11-25-21-19(18(15)23(28)30)20(26-27(21)2)13-5-7-14(31-3)8-6-13/h4-11H,1-3H3. The number of anilines is 1. The zero-order valence-corrected chi connectivity index (χ0v) is 17.0. The highest BCUT2D eigenvalue weighted by Gasteiger charge is 2.41. The Bertz CT molecular complexity index is 1390. The van der Waals surface area contributed by atoms with E-state index in [9.17, 15) is 14.0 Å². The Balaban J connectivity index is 1.73. The Morgan fingerprint density at radius 3 is 2.45 bits per heavy atom. The van der Waals surface area contributed by atoms with Crippen LogP contribution in [-0.4, -0.2) is 33.7 Å². The van der Waals surface area contributed by atoms with E-state index in [4.69, 9.17) is 4.74 Å². The van der Waals surface area contributed by atoms with E-state index < -0.39 is 17.6 Å². The molecule has 1 aliphatic heterocycles. The molecule has 7 nitrogen and oxygen atoms in total. The molecule has 1 aliphatic rings. The molecule has 0 aliphatic carbocycles. The van der Waals surface area contributed by atoms with Gasteiger partial charge < -0.3 is 4.74 Å². The van der Waals surface area contributed by atoms with Gasteiger partial charge >= 0.3 is 0 Å². The summed E-state index contributed by atoms with van der Waals surface area (Å²) in [5.41, 5.74) is 2.61. The fraction of sp³-hybridized carbons (Fsp3) is 0.130. The van der Waals surface area contributed by atoms with Crippen LogP contribution in [0.3, 0.4) is 0 Å². The van der Waals surface area contributed by atoms with Crippen molar-refractivity contribution in [3.05, 3.63) is 71.2 Å². The lowest BCUT2D eigenvalue weighted by Crippen LogP contribution is -2.30. The summed E-state index contributed by atoms with van der Waals surface area (Å²) in [7, 11) is 3.29. The summed E-state index contributed by atoms with van der Waals surface area (Å²) in [6.45, 7) is 1.74. The van der Waals surface area contributed by atoms with Crippen molar-refractivity contribution in [2.45, 2.75) is 6.92 Å². The van der Waals surface area contributed by atoms with Crippen LogP contribution >= 0.6 is 0 Å². The summed E-state index contributed by atoms with van der Waals surface area (Å²) in [6.07, 6.45) is 1.35. The van der Waals surface area contributed by atoms with Crippen molar-refractivity contribution in [1.29, 1.82) is 0 Å². The molecule has 0 unspecified atom stereocenters. The van der Waals surface area contributed by atoms with Crippen molar-refractivity contribution in [2.24, 2.45) is 7.05 Å². The molecule has 154 valence electrons. The number of halogens is 1. The van der Waals surface area contributed by atoms with Gasteiger partial charge in [0.2, 0.25) is 0 Å². The molecule has 2 aromatic carbocycles. The molecule has 0 atom stereocenters. The number of nitrogens with zero attached hydrogens (tertiary/aromatic N) is 4. The third-order valence-electron chi connectivity index (χ3n) is 5.41. The van der Waals surface area contributed by atoms with Crippen LogP contribution in [0.5, 0.6) is 5.75 Å². The van der Waals surface area contributed by atoms with Crippen LogP contribution in [0.4, 0.5) is 10.1 Å². The molecule has 5 rings (SSSR count). The Morgan fingerprint density at radius 2 is 1.77 bits per heavy atom. The number of aryl methyl sites for hydroxylation is 2. The Kier molecular flexibility index (Phi) is 4.11. The van der Waals surface area contributed by atoms with Crippen LogP contribution in [-0.2, 0) is 7.05 Å². The maximum Gasteiger partial charge on any atom is 0.267 e. The zero-order valence-electron chi connectivity index (χ0n) is 17.0. The molecule has 4 aromatic rings. The third-order valence-corrected chi connectivity index (χ3v) is 5.41. The van der Waals surface area contributed by atoms with Crippen molar-refractivity contribution in [2.75, 3.05) is 12.0 Å². The summed E-state index contributed by atoms with van der Waals surface area (Å²) < 4.78 is 21.4. The van der Waals surface area contributed by atoms with Gasteiger partial charge in [0, 0.05) is 18.8 Å². The zero-order chi connectivity index (χ0) is 21.9. The minimum Gasteiger partial charge on any atom is -0.497 e. The van der Waals surface area contributed by atoms with E-state index in [1.165, 1.54) is 18.3 Å². The van der Waals surface area contributed by atoms with Crippen LogP contribution in [0.2, 0.25) is 0 Å². The number of ether oxygens (including phenoxy) is 1. The molecule has 0 spiro atoms. The lowest BCUT2D eigenvalue weighted by atomic mass is 10.0. The van der Waals surface area contributed by atoms with Crippen molar-refractivity contribution in [3.63, 3.8) is 0 Å². The normalized spacial score (nSPS) is 13.2. The van der Waals surface area contributed by atoms with E-state index in [2.05, 4.69) is 10.1 Å². The number of carbonyl (C=O) groups excluding carboxylic acids is 2. The van der Waals surface area contributed by atoms with Crippen LogP contribution in [0.15, 0.2) is 48.7 Å². The SMILES string of the molecule is COc1ccc(-c2nn(C)c3ncc4c(c23)C(=O)N(c2ccc(C)cc2F)C4=O)cc1. The third kappa shape index (κ3) is 2.72. The first-order valence-electron chi connectivity index (χ1n) is 9.55. The maximum absolute atomic E-state index is 14.6. The average molecular weight is 416 g/mol. The number of methoxy groups -OCH3 is 1. The molecule has 0 radical (unpaired) electrons. The Hall–Kier alpha value is -4.07. The molecule has 0 saturated heterocycles. The molecule has 8 heteroatoms. The maximum atomic E-state index is 14.6. The molecular formula is C23H17FN4O3. The number of fused-ring (bicyclic) bond motifs is 3. The number of imide groups is 1. The smallest absolute Gasteiger partial charge is 0.267 e. The molecule has 0 fully saturated rings. The number of aromatic nitrogens is 3. The first-order chi connectivity index (χ1) is 14.9. The van der Waals surface area contributed by atoms with Crippen LogP contribution in [0.25, 0.3) is 22.3 Å². The number of rotatable bonds is 3. The molecule has 2 aromatic heterocycles. The van der Waals surface area contributed by atoms with E-state index in [1.807, 2.05) is 12.1 Å². The molecule has 31 heavy (non-hydrogen) atoms. The topological polar surface area (TPSA) is 77.3 Å². The van der Waals surface area contributed by atoms with Gasteiger partial charge in [0.1, 0.15) is 17.3 Å². The van der Waals surface area contributed by atoms with Crippen LogP contribution in [0.1, 0.15) is 26.3 Å². The van der Waals surface area contributed by atoms with E-state index >= 15 is 0 Å². The van der Waals surface area contributed by atoms with E-state index in [1.54, 1.807) is 44.0 Å². The summed E-state index contributed by atoms with van der Waals surface area (Å²) in [6, 6.07) is 11.6. The van der Waals surface area contributed by atoms with E-state index in [-0.39, 0.29) is 16.8 Å². The van der Waals surface area contributed by atoms with Gasteiger partial charge in [-0.2, -0.15) is 5.10 Å². The predicted molar refractivity (Wildman–Crippen MR) is 113 cm³/mol. The van der Waals surface area contributed by atoms with Crippen molar-refractivity contribution in [1.82, 2.24) is 14.8 Å². The Morgan fingerprint density at radius 1 is 1.03 bits per heavy atom. The molecule has 3 heterocycles. The summed E-state index contributed by atoms with van der Waals surface area (Å²) >= 11 is 0. The van der Waals surface area contributed by atoms with Crippen LogP contribution in [0, 0.1) is 12.7 Å². The highest BCUT2D eigenvalue weighted by atomic mass is 19.1. The number of benzene rings is 2. The lowest BCUT2D eigenvalue weighted by molar-refractivity contribution is 0.0925. The quantitative estimate of drug-likeness (QED) is 0.474. The number of hydrogen-bond acceptors (Lipinski definition) is 5. The first-order valence-corrected chi connectivity index (χ1v) is 9.55. The summed E-state index contributed by atoms with van der Waals surface area (Å²) in [5, 5.41) is 4.99. The van der Waals surface area contributed by atoms with Gasteiger partial charge in [0.15, 0.2) is 5.65 Å². The van der Waals surface area contributed by atoms with Gasteiger partial charge in [0.25, 0.3) is 11.8 Å². The monoisotopic (exact) mass is 416 g/mol. The largest absolute Gasteiger partial charge is 0.497 e. The Labute approximate surface area is 176 Å². The predicted octanol–water partition coefficient (Wildman–Crippen LogP) is 3.89. The van der Waals surface area contributed by atoms with Crippen molar-refractivity contribution in [3.8, 4) is 17.0 Å². The van der Waals surface area contributed by atoms with Crippen molar-refractivity contribution < 1.29 is 18.7 Å². The first kappa shape index (κ1) is 18.9. The second-order valence-electron chi connectivity index (χ2n) is 7.35. The minimum atomic E-state index is -0.639. The van der Waals surface area contributed by atoms with Gasteiger partial charge in [-0.1, -0.05) is 6.07 Å². The number of amides is 2. The van der Waals surface area contributed by atoms with Gasteiger partial charge in [-0.15, -0.1) is 0 Å². The van der Waals surface area contributed by atoms with Crippen LogP contribution < -0.4 is 9.64 Å². The van der Waals surface area contributed by atoms with Gasteiger partial charge in [0.05, 0.1) is 29.3 Å². The highest BCUT2D eigenvalue weighted by Crippen LogP contribution is 2.38. The fourth-order valence-electron chi connectivity index (χ4n) is 3.89. The van der Waals surface area contributed by atoms with Crippen molar-refractivity contribution >= 4 is 28.5 Å².